The molecular formula is C6H15N. The summed E-state index contributed by atoms with van der Waals surface area (Å²) in [4.78, 5) is 0. The molecule has 0 aromatic carbocycles. The largest absolute Gasteiger partial charge is 0.330 e. The molecular weight excluding hydrogens is 86.1 g/mol. The van der Waals surface area contributed by atoms with Crippen LogP contribution in [0.3, 0.4) is 0 Å². The first kappa shape index (κ1) is 6.96. The van der Waals surface area contributed by atoms with Crippen LogP contribution in [0.4, 0.5) is 0 Å². The summed E-state index contributed by atoms with van der Waals surface area (Å²) < 4.78 is 0. The summed E-state index contributed by atoms with van der Waals surface area (Å²) in [6, 6.07) is 0. The maximum atomic E-state index is 5.23. The zero-order chi connectivity index (χ0) is 5.70. The Morgan fingerprint density at radius 2 is 1.86 bits per heavy atom. The van der Waals surface area contributed by atoms with Crippen molar-refractivity contribution in [2.45, 2.75) is 26.7 Å². The lowest BCUT2D eigenvalue weighted by Crippen LogP contribution is -1.98. The maximum absolute atomic E-state index is 5.23. The van der Waals surface area contributed by atoms with Crippen molar-refractivity contribution in [3.8, 4) is 0 Å². The third kappa shape index (κ3) is 3.80. The third-order valence-electron chi connectivity index (χ3n) is 1.03. The van der Waals surface area contributed by atoms with Crippen molar-refractivity contribution in [2.24, 2.45) is 11.7 Å². The Bertz CT molecular complexity index is 31.2. The van der Waals surface area contributed by atoms with Gasteiger partial charge in [0.25, 0.3) is 0 Å². The van der Waals surface area contributed by atoms with Crippen molar-refractivity contribution >= 4 is 0 Å². The van der Waals surface area contributed by atoms with Crippen LogP contribution in [-0.4, -0.2) is 6.54 Å². The van der Waals surface area contributed by atoms with Crippen molar-refractivity contribution in [2.75, 3.05) is 6.54 Å². The van der Waals surface area contributed by atoms with E-state index in [4.69, 9.17) is 5.73 Å². The first-order valence-corrected chi connectivity index (χ1v) is 3.13. The van der Waals surface area contributed by atoms with E-state index in [2.05, 4.69) is 0 Å². The van der Waals surface area contributed by atoms with Gasteiger partial charge >= 0.3 is 0 Å². The van der Waals surface area contributed by atoms with Crippen molar-refractivity contribution in [3.05, 3.63) is 0 Å². The van der Waals surface area contributed by atoms with Gasteiger partial charge in [0.05, 0.1) is 0 Å². The van der Waals surface area contributed by atoms with Crippen LogP contribution >= 0.6 is 0 Å². The van der Waals surface area contributed by atoms with Crippen LogP contribution in [-0.2, 0) is 0 Å². The second-order valence-corrected chi connectivity index (χ2v) is 1.68. The Morgan fingerprint density at radius 3 is 1.86 bits per heavy atom. The summed E-state index contributed by atoms with van der Waals surface area (Å²) >= 11 is 0. The van der Waals surface area contributed by atoms with Gasteiger partial charge < -0.3 is 5.73 Å². The summed E-state index contributed by atoms with van der Waals surface area (Å²) in [6.07, 6.45) is 2.77. The lowest BCUT2D eigenvalue weighted by atomic mass is 10.5. The average molecular weight is 101 g/mol. The van der Waals surface area contributed by atoms with Crippen LogP contribution < -0.4 is 5.73 Å². The minimum atomic E-state index is 0.912. The van der Waals surface area contributed by atoms with Gasteiger partial charge in [-0.1, -0.05) is 13.8 Å². The summed E-state index contributed by atoms with van der Waals surface area (Å²) in [5.74, 6) is 0.912. The molecule has 0 unspecified atom stereocenters. The molecule has 0 radical (unpaired) electrons. The van der Waals surface area contributed by atoms with Gasteiger partial charge in [-0.15, -0.1) is 0 Å². The van der Waals surface area contributed by atoms with Gasteiger partial charge in [0.1, 0.15) is 0 Å². The van der Waals surface area contributed by atoms with E-state index < -0.39 is 0 Å². The average Bonchev–Trinajstić information content (AvgIpc) is 2.52. The molecule has 1 aliphatic carbocycles. The molecule has 0 aromatic heterocycles. The molecule has 2 N–H and O–H groups in total. The summed E-state index contributed by atoms with van der Waals surface area (Å²) in [6.45, 7) is 4.92. The highest BCUT2D eigenvalue weighted by molar-refractivity contribution is 4.72. The second-order valence-electron chi connectivity index (χ2n) is 1.68. The topological polar surface area (TPSA) is 26.0 Å². The first-order chi connectivity index (χ1) is 3.43. The molecule has 7 heavy (non-hydrogen) atoms. The number of hydrogen-bond donors (Lipinski definition) is 1. The van der Waals surface area contributed by atoms with Crippen molar-refractivity contribution in [3.63, 3.8) is 0 Å². The van der Waals surface area contributed by atoms with Gasteiger partial charge in [-0.3, -0.25) is 0 Å². The van der Waals surface area contributed by atoms with E-state index in [-0.39, 0.29) is 0 Å². The predicted octanol–water partition coefficient (Wildman–Crippen LogP) is 1.38. The molecule has 1 aliphatic rings. The van der Waals surface area contributed by atoms with Crippen molar-refractivity contribution in [1.82, 2.24) is 0 Å². The molecule has 1 saturated carbocycles. The van der Waals surface area contributed by atoms with Crippen LogP contribution in [0, 0.1) is 5.92 Å². The highest BCUT2D eigenvalue weighted by Crippen LogP contribution is 2.26. The number of hydrogen-bond acceptors (Lipinski definition) is 1. The van der Waals surface area contributed by atoms with Crippen molar-refractivity contribution < 1.29 is 0 Å². The van der Waals surface area contributed by atoms with Gasteiger partial charge in [-0.25, -0.2) is 0 Å². The van der Waals surface area contributed by atoms with E-state index in [1.807, 2.05) is 13.8 Å². The molecule has 1 nitrogen and oxygen atoms in total. The zero-order valence-electron chi connectivity index (χ0n) is 5.28. The molecule has 44 valence electrons. The minimum Gasteiger partial charge on any atom is -0.330 e. The fraction of sp³-hybridized carbons (Fsp3) is 1.00. The molecule has 0 amide bonds. The normalized spacial score (nSPS) is 17.6. The standard InChI is InChI=1S/C4H9N.C2H6/c5-3-4-1-2-4;1-2/h4H,1-3,5H2;1-2H3. The van der Waals surface area contributed by atoms with Crippen LogP contribution in [0.25, 0.3) is 0 Å². The highest BCUT2D eigenvalue weighted by atomic mass is 14.6. The van der Waals surface area contributed by atoms with Crippen LogP contribution in [0.2, 0.25) is 0 Å². The molecule has 1 heteroatoms. The van der Waals surface area contributed by atoms with E-state index in [0.717, 1.165) is 12.5 Å². The van der Waals surface area contributed by atoms with E-state index in [0.29, 0.717) is 0 Å². The second kappa shape index (κ2) is 4.13. The Labute approximate surface area is 45.9 Å². The Balaban J connectivity index is 0.000000162. The molecule has 0 bridgehead atoms. The maximum Gasteiger partial charge on any atom is -0.00489 e. The van der Waals surface area contributed by atoms with Gasteiger partial charge in [-0.2, -0.15) is 0 Å². The minimum absolute atomic E-state index is 0.912. The molecule has 0 spiro atoms. The van der Waals surface area contributed by atoms with Gasteiger partial charge in [0, 0.05) is 0 Å². The van der Waals surface area contributed by atoms with E-state index in [1.165, 1.54) is 12.8 Å². The lowest BCUT2D eigenvalue weighted by molar-refractivity contribution is 0.847. The summed E-state index contributed by atoms with van der Waals surface area (Å²) in [5.41, 5.74) is 5.23. The molecule has 0 saturated heterocycles. The molecule has 1 fully saturated rings. The van der Waals surface area contributed by atoms with Gasteiger partial charge in [0.15, 0.2) is 0 Å². The smallest absolute Gasteiger partial charge is 0.00489 e. The third-order valence-corrected chi connectivity index (χ3v) is 1.03. The molecule has 0 atom stereocenters. The van der Waals surface area contributed by atoms with Crippen LogP contribution in [0.15, 0.2) is 0 Å². The first-order valence-electron chi connectivity index (χ1n) is 3.13. The van der Waals surface area contributed by atoms with Crippen LogP contribution in [0.5, 0.6) is 0 Å². The Hall–Kier alpha value is -0.0400. The molecule has 0 aromatic rings. The van der Waals surface area contributed by atoms with Gasteiger partial charge in [-0.05, 0) is 25.3 Å². The zero-order valence-corrected chi connectivity index (χ0v) is 5.28. The quantitative estimate of drug-likeness (QED) is 0.530. The lowest BCUT2D eigenvalue weighted by Gasteiger charge is -1.74. The SMILES string of the molecule is CC.NCC1CC1. The van der Waals surface area contributed by atoms with E-state index in [1.54, 1.807) is 0 Å². The molecule has 0 aliphatic heterocycles. The summed E-state index contributed by atoms with van der Waals surface area (Å²) in [5, 5.41) is 0. The van der Waals surface area contributed by atoms with Crippen molar-refractivity contribution in [1.29, 1.82) is 0 Å². The number of nitrogens with two attached hydrogens (primary N) is 1. The summed E-state index contributed by atoms with van der Waals surface area (Å²) in [7, 11) is 0. The molecule has 1 rings (SSSR count). The Morgan fingerprint density at radius 1 is 1.43 bits per heavy atom. The number of rotatable bonds is 1. The fourth-order valence-corrected chi connectivity index (χ4v) is 0.354. The monoisotopic (exact) mass is 101 g/mol. The predicted molar refractivity (Wildman–Crippen MR) is 33.1 cm³/mol. The fourth-order valence-electron chi connectivity index (χ4n) is 0.354. The Kier molecular flexibility index (Phi) is 4.10. The van der Waals surface area contributed by atoms with E-state index in [9.17, 15) is 0 Å². The van der Waals surface area contributed by atoms with Gasteiger partial charge in [0.2, 0.25) is 0 Å². The van der Waals surface area contributed by atoms with Crippen LogP contribution in [0.1, 0.15) is 26.7 Å². The van der Waals surface area contributed by atoms with E-state index >= 15 is 0 Å². The highest BCUT2D eigenvalue weighted by Gasteiger charge is 2.17. The molecule has 0 heterocycles.